The Kier molecular flexibility index (Phi) is 4.94. The number of benzene rings is 1. The van der Waals surface area contributed by atoms with E-state index in [1.165, 1.54) is 0 Å². The molecule has 0 saturated carbocycles. The van der Waals surface area contributed by atoms with Gasteiger partial charge in [-0.25, -0.2) is 4.58 Å². The number of anilines is 1. The molecule has 26 heavy (non-hydrogen) atoms. The van der Waals surface area contributed by atoms with Crippen LogP contribution in [0.3, 0.4) is 0 Å². The third-order valence-corrected chi connectivity index (χ3v) is 5.07. The van der Waals surface area contributed by atoms with Crippen molar-refractivity contribution in [3.63, 3.8) is 0 Å². The molecule has 0 saturated heterocycles. The van der Waals surface area contributed by atoms with Gasteiger partial charge in [0.25, 0.3) is 0 Å². The van der Waals surface area contributed by atoms with Crippen LogP contribution in [0.2, 0.25) is 0 Å². The zero-order valence-electron chi connectivity index (χ0n) is 15.8. The average molecular weight is 349 g/mol. The molecule has 0 fully saturated rings. The van der Waals surface area contributed by atoms with Gasteiger partial charge in [-0.2, -0.15) is 0 Å². The smallest absolute Gasteiger partial charge is 0.201 e. The average Bonchev–Trinajstić information content (AvgIpc) is 2.68. The number of Topliss-reactive ketones (excluding diaryl/α,β-unsaturated/α-hetero) is 1. The van der Waals surface area contributed by atoms with Crippen molar-refractivity contribution in [3.8, 4) is 0 Å². The number of hydrogen-bond donors (Lipinski definition) is 1. The van der Waals surface area contributed by atoms with Crippen molar-refractivity contribution < 1.29 is 14.5 Å². The van der Waals surface area contributed by atoms with Gasteiger partial charge in [-0.3, -0.25) is 4.79 Å². The zero-order valence-corrected chi connectivity index (χ0v) is 15.8. The lowest BCUT2D eigenvalue weighted by Gasteiger charge is -2.24. The largest absolute Gasteiger partial charge is 0.506 e. The molecule has 3 rings (SSSR count). The van der Waals surface area contributed by atoms with E-state index in [-0.39, 0.29) is 11.5 Å². The number of ketones is 1. The molecule has 0 unspecified atom stereocenters. The van der Waals surface area contributed by atoms with Crippen LogP contribution in [-0.2, 0) is 4.79 Å². The maximum Gasteiger partial charge on any atom is 0.201 e. The summed E-state index contributed by atoms with van der Waals surface area (Å²) in [7, 11) is 4.04. The second kappa shape index (κ2) is 7.16. The molecule has 0 bridgehead atoms. The van der Waals surface area contributed by atoms with E-state index in [1.54, 1.807) is 0 Å². The van der Waals surface area contributed by atoms with Gasteiger partial charge in [-0.05, 0) is 49.3 Å². The van der Waals surface area contributed by atoms with Crippen LogP contribution in [0.1, 0.15) is 19.4 Å². The zero-order chi connectivity index (χ0) is 18.8. The molecule has 0 heterocycles. The highest BCUT2D eigenvalue weighted by Gasteiger charge is 2.36. The van der Waals surface area contributed by atoms with Crippen LogP contribution >= 0.6 is 0 Å². The Morgan fingerprint density at radius 2 is 1.62 bits per heavy atom. The predicted molar refractivity (Wildman–Crippen MR) is 107 cm³/mol. The molecule has 0 aliphatic heterocycles. The van der Waals surface area contributed by atoms with E-state index in [0.29, 0.717) is 11.1 Å². The fourth-order valence-corrected chi connectivity index (χ4v) is 3.07. The molecule has 2 aliphatic carbocycles. The normalized spacial score (nSPS) is 16.3. The molecule has 1 N–H and O–H groups in total. The number of carbonyl (C=O) groups is 1. The number of carbonyl (C=O) groups excluding carboxylic acids is 1. The first kappa shape index (κ1) is 17.9. The van der Waals surface area contributed by atoms with Crippen LogP contribution < -0.4 is 4.90 Å². The van der Waals surface area contributed by atoms with Crippen molar-refractivity contribution in [1.29, 1.82) is 0 Å². The van der Waals surface area contributed by atoms with Crippen molar-refractivity contribution in [2.45, 2.75) is 13.8 Å². The Morgan fingerprint density at radius 1 is 1.00 bits per heavy atom. The molecule has 0 radical (unpaired) electrons. The maximum absolute atomic E-state index is 12.6. The third-order valence-electron chi connectivity index (χ3n) is 5.07. The van der Waals surface area contributed by atoms with Crippen molar-refractivity contribution >= 4 is 22.8 Å². The lowest BCUT2D eigenvalue weighted by molar-refractivity contribution is -0.491. The van der Waals surface area contributed by atoms with Gasteiger partial charge < -0.3 is 10.0 Å². The van der Waals surface area contributed by atoms with Gasteiger partial charge in [0.1, 0.15) is 19.4 Å². The lowest BCUT2D eigenvalue weighted by atomic mass is 9.80. The molecular formula is C22H25N2O2+. The van der Waals surface area contributed by atoms with Crippen molar-refractivity contribution in [2.24, 2.45) is 0 Å². The predicted octanol–water partition coefficient (Wildman–Crippen LogP) is 3.52. The van der Waals surface area contributed by atoms with Gasteiger partial charge in [-0.15, -0.1) is 0 Å². The molecule has 134 valence electrons. The SMILES string of the molecule is CCN(C)c1ccc(C2=C(O)C(=C3C=CC(=[N+](C)CC)C=C3)C2=O)cc1. The number of rotatable bonds is 4. The number of nitrogens with zero attached hydrogens (tertiary/aromatic N) is 2. The Labute approximate surface area is 154 Å². The maximum atomic E-state index is 12.6. The third kappa shape index (κ3) is 3.03. The van der Waals surface area contributed by atoms with Gasteiger partial charge in [-0.1, -0.05) is 12.1 Å². The molecule has 0 atom stereocenters. The Morgan fingerprint density at radius 3 is 2.12 bits per heavy atom. The molecule has 4 heteroatoms. The molecule has 1 aromatic rings. The van der Waals surface area contributed by atoms with E-state index < -0.39 is 0 Å². The van der Waals surface area contributed by atoms with E-state index in [2.05, 4.69) is 23.3 Å². The summed E-state index contributed by atoms with van der Waals surface area (Å²) in [4.78, 5) is 14.8. The second-order valence-electron chi connectivity index (χ2n) is 6.55. The van der Waals surface area contributed by atoms with Gasteiger partial charge in [0.2, 0.25) is 5.78 Å². The summed E-state index contributed by atoms with van der Waals surface area (Å²) in [6.45, 7) is 5.99. The molecule has 0 spiro atoms. The Hall–Kier alpha value is -2.88. The molecule has 0 aromatic heterocycles. The Balaban J connectivity index is 1.91. The summed E-state index contributed by atoms with van der Waals surface area (Å²) < 4.78 is 2.12. The highest BCUT2D eigenvalue weighted by atomic mass is 16.3. The summed E-state index contributed by atoms with van der Waals surface area (Å²) in [6.07, 6.45) is 7.72. The minimum absolute atomic E-state index is 0.0863. The molecule has 1 aromatic carbocycles. The standard InChI is InChI=1S/C22H24N2O2/c1-5-23(3)17-11-7-15(8-12-17)19-21(25)20(22(19)26)16-9-13-18(14-10-16)24(4)6-2/h7-14H,5-6H2,1-4H3/p+1. The van der Waals surface area contributed by atoms with Crippen molar-refractivity contribution in [3.05, 3.63) is 71.0 Å². The summed E-state index contributed by atoms with van der Waals surface area (Å²) >= 11 is 0. The first-order valence-corrected chi connectivity index (χ1v) is 8.96. The molecule has 2 aliphatic rings. The first-order chi connectivity index (χ1) is 12.5. The molecular weight excluding hydrogens is 324 g/mol. The summed E-state index contributed by atoms with van der Waals surface area (Å²) in [6, 6.07) is 7.72. The van der Waals surface area contributed by atoms with E-state index in [4.69, 9.17) is 0 Å². The monoisotopic (exact) mass is 349 g/mol. The van der Waals surface area contributed by atoms with Gasteiger partial charge >= 0.3 is 0 Å². The number of hydrogen-bond acceptors (Lipinski definition) is 3. The lowest BCUT2D eigenvalue weighted by Crippen LogP contribution is -2.23. The minimum atomic E-state index is -0.101. The van der Waals surface area contributed by atoms with Crippen LogP contribution in [-0.4, -0.2) is 48.4 Å². The molecule has 4 nitrogen and oxygen atoms in total. The van der Waals surface area contributed by atoms with Crippen LogP contribution in [0.5, 0.6) is 0 Å². The van der Waals surface area contributed by atoms with E-state index in [9.17, 15) is 9.90 Å². The van der Waals surface area contributed by atoms with Gasteiger partial charge in [0.15, 0.2) is 5.71 Å². The highest BCUT2D eigenvalue weighted by Crippen LogP contribution is 2.39. The summed E-state index contributed by atoms with van der Waals surface area (Å²) in [5.74, 6) is -0.0149. The minimum Gasteiger partial charge on any atom is -0.506 e. The van der Waals surface area contributed by atoms with Gasteiger partial charge in [0, 0.05) is 31.4 Å². The summed E-state index contributed by atoms with van der Waals surface area (Å²) in [5, 5.41) is 10.5. The number of aliphatic hydroxyl groups is 1. The summed E-state index contributed by atoms with van der Waals surface area (Å²) in [5.41, 5.74) is 4.49. The fourth-order valence-electron chi connectivity index (χ4n) is 3.07. The van der Waals surface area contributed by atoms with E-state index >= 15 is 0 Å². The van der Waals surface area contributed by atoms with Crippen LogP contribution in [0.15, 0.2) is 65.5 Å². The van der Waals surface area contributed by atoms with Crippen LogP contribution in [0.4, 0.5) is 5.69 Å². The fraction of sp³-hybridized carbons (Fsp3) is 0.273. The van der Waals surface area contributed by atoms with Gasteiger partial charge in [0.05, 0.1) is 11.1 Å². The van der Waals surface area contributed by atoms with E-state index in [1.807, 2.05) is 62.7 Å². The second-order valence-corrected chi connectivity index (χ2v) is 6.55. The molecule has 0 amide bonds. The number of aliphatic hydroxyl groups excluding tert-OH is 1. The van der Waals surface area contributed by atoms with Crippen LogP contribution in [0.25, 0.3) is 5.57 Å². The quantitative estimate of drug-likeness (QED) is 0.668. The number of allylic oxidation sites excluding steroid dienone is 7. The van der Waals surface area contributed by atoms with Crippen LogP contribution in [0, 0.1) is 0 Å². The first-order valence-electron chi connectivity index (χ1n) is 8.96. The van der Waals surface area contributed by atoms with Crippen molar-refractivity contribution in [2.75, 3.05) is 32.1 Å². The van der Waals surface area contributed by atoms with E-state index in [0.717, 1.165) is 35.6 Å². The Bertz CT molecular complexity index is 879. The van der Waals surface area contributed by atoms with Crippen molar-refractivity contribution in [1.82, 2.24) is 0 Å². The topological polar surface area (TPSA) is 43.5 Å². The highest BCUT2D eigenvalue weighted by molar-refractivity contribution is 6.39.